The maximum Gasteiger partial charge on any atom is 0.423 e. The van der Waals surface area contributed by atoms with Crippen molar-refractivity contribution in [2.75, 3.05) is 25.1 Å². The molecule has 1 amide bonds. The molecule has 4 heterocycles. The lowest BCUT2D eigenvalue weighted by Crippen LogP contribution is -2.39. The van der Waals surface area contributed by atoms with Crippen molar-refractivity contribution in [1.29, 1.82) is 0 Å². The normalized spacial score (nSPS) is 22.8. The van der Waals surface area contributed by atoms with Crippen LogP contribution in [0.15, 0.2) is 18.3 Å². The molecule has 2 aromatic heterocycles. The van der Waals surface area contributed by atoms with Crippen LogP contribution >= 0.6 is 0 Å². The maximum atomic E-state index is 13.4. The van der Waals surface area contributed by atoms with Gasteiger partial charge in [0.15, 0.2) is 5.82 Å². The Balaban J connectivity index is 1.27. The van der Waals surface area contributed by atoms with Crippen molar-refractivity contribution in [3.63, 3.8) is 0 Å². The van der Waals surface area contributed by atoms with Crippen LogP contribution < -0.4 is 10.1 Å². The van der Waals surface area contributed by atoms with Gasteiger partial charge in [-0.1, -0.05) is 12.5 Å². The molecule has 194 valence electrons. The number of ether oxygens (including phenoxy) is 2. The van der Waals surface area contributed by atoms with Gasteiger partial charge in [-0.25, -0.2) is 4.98 Å². The zero-order valence-corrected chi connectivity index (χ0v) is 19.9. The lowest BCUT2D eigenvalue weighted by atomic mass is 9.85. The van der Waals surface area contributed by atoms with Gasteiger partial charge >= 0.3 is 6.18 Å². The second-order valence-corrected chi connectivity index (χ2v) is 9.28. The fraction of sp³-hybridized carbons (Fsp3) is 0.609. The Morgan fingerprint density at radius 2 is 2.08 bits per heavy atom. The van der Waals surface area contributed by atoms with Gasteiger partial charge in [0.25, 0.3) is 0 Å². The molecule has 5 rings (SSSR count). The third kappa shape index (κ3) is 5.15. The number of carbonyl (C=O) groups is 1. The van der Waals surface area contributed by atoms with E-state index in [-0.39, 0.29) is 37.0 Å². The molecule has 2 fully saturated rings. The first-order chi connectivity index (χ1) is 17.3. The lowest BCUT2D eigenvalue weighted by Gasteiger charge is -2.32. The van der Waals surface area contributed by atoms with Gasteiger partial charge < -0.3 is 24.3 Å². The molecule has 0 bridgehead atoms. The van der Waals surface area contributed by atoms with Gasteiger partial charge in [-0.3, -0.25) is 4.79 Å². The molecule has 1 aliphatic carbocycles. The van der Waals surface area contributed by atoms with Gasteiger partial charge in [-0.2, -0.15) is 18.2 Å². The third-order valence-electron chi connectivity index (χ3n) is 6.72. The molecule has 1 saturated carbocycles. The van der Waals surface area contributed by atoms with Crippen LogP contribution in [0.5, 0.6) is 5.88 Å². The highest BCUT2D eigenvalue weighted by Crippen LogP contribution is 2.37. The maximum absolute atomic E-state index is 13.4. The van der Waals surface area contributed by atoms with Crippen molar-refractivity contribution in [3.05, 3.63) is 35.6 Å². The summed E-state index contributed by atoms with van der Waals surface area (Å²) in [6.45, 7) is 3.91. The Morgan fingerprint density at radius 1 is 1.25 bits per heavy atom. The van der Waals surface area contributed by atoms with Crippen LogP contribution in [0.4, 0.5) is 19.1 Å². The number of fused-ring (bicyclic) bond motifs is 1. The Labute approximate surface area is 205 Å². The highest BCUT2D eigenvalue weighted by atomic mass is 19.4. The van der Waals surface area contributed by atoms with Gasteiger partial charge in [-0.15, -0.1) is 10.2 Å². The molecular weight excluding hydrogens is 479 g/mol. The summed E-state index contributed by atoms with van der Waals surface area (Å²) in [5.41, 5.74) is -1.00. The zero-order valence-electron chi connectivity index (χ0n) is 19.9. The third-order valence-corrected chi connectivity index (χ3v) is 6.72. The van der Waals surface area contributed by atoms with E-state index < -0.39 is 23.7 Å². The van der Waals surface area contributed by atoms with Crippen molar-refractivity contribution >= 4 is 11.9 Å². The van der Waals surface area contributed by atoms with E-state index in [1.54, 1.807) is 17.1 Å². The van der Waals surface area contributed by atoms with Gasteiger partial charge in [0.05, 0.1) is 19.8 Å². The van der Waals surface area contributed by atoms with E-state index in [4.69, 9.17) is 9.47 Å². The molecule has 0 unspecified atom stereocenters. The van der Waals surface area contributed by atoms with Crippen molar-refractivity contribution in [2.24, 2.45) is 0 Å². The number of anilines is 1. The summed E-state index contributed by atoms with van der Waals surface area (Å²) in [5.74, 6) is 1.36. The second-order valence-electron chi connectivity index (χ2n) is 9.28. The number of halogens is 3. The molecule has 36 heavy (non-hydrogen) atoms. The first kappa shape index (κ1) is 24.5. The summed E-state index contributed by atoms with van der Waals surface area (Å²) in [7, 11) is 0. The molecule has 13 heteroatoms. The highest BCUT2D eigenvalue weighted by molar-refractivity contribution is 5.87. The van der Waals surface area contributed by atoms with E-state index in [2.05, 4.69) is 30.0 Å². The van der Waals surface area contributed by atoms with Gasteiger partial charge in [0.1, 0.15) is 17.5 Å². The summed E-state index contributed by atoms with van der Waals surface area (Å²) in [5, 5.41) is 12.0. The van der Waals surface area contributed by atoms with E-state index in [1.165, 1.54) is 0 Å². The molecular formula is C23H28F3N7O3. The van der Waals surface area contributed by atoms with Gasteiger partial charge in [-0.05, 0) is 32.3 Å². The number of amides is 1. The molecule has 10 nitrogen and oxygen atoms in total. The predicted molar refractivity (Wildman–Crippen MR) is 121 cm³/mol. The number of alkyl halides is 3. The van der Waals surface area contributed by atoms with E-state index in [0.29, 0.717) is 19.6 Å². The number of carbonyl (C=O) groups excluding carboxylic acids is 1. The average Bonchev–Trinajstić information content (AvgIpc) is 3.24. The van der Waals surface area contributed by atoms with E-state index in [1.807, 2.05) is 6.92 Å². The van der Waals surface area contributed by atoms with Crippen LogP contribution in [0.1, 0.15) is 55.7 Å². The van der Waals surface area contributed by atoms with Gasteiger partial charge in [0, 0.05) is 31.2 Å². The second kappa shape index (κ2) is 10.0. The van der Waals surface area contributed by atoms with E-state index >= 15 is 0 Å². The molecule has 3 aliphatic rings. The largest absolute Gasteiger partial charge is 0.469 e. The van der Waals surface area contributed by atoms with Crippen LogP contribution in [0.3, 0.4) is 0 Å². The summed E-state index contributed by atoms with van der Waals surface area (Å²) >= 11 is 0. The summed E-state index contributed by atoms with van der Waals surface area (Å²) < 4.78 is 52.8. The smallest absolute Gasteiger partial charge is 0.423 e. The number of nitrogens with zero attached hydrogens (tertiary/aromatic N) is 6. The summed E-state index contributed by atoms with van der Waals surface area (Å²) in [6.07, 6.45) is 2.37. The highest BCUT2D eigenvalue weighted by Gasteiger charge is 2.38. The molecule has 0 radical (unpaired) electrons. The van der Waals surface area contributed by atoms with Crippen LogP contribution in [0.2, 0.25) is 0 Å². The number of nitrogens with one attached hydrogen (secondary N) is 1. The Hall–Kier alpha value is -3.22. The summed E-state index contributed by atoms with van der Waals surface area (Å²) in [6, 6.07) is -0.0373. The molecule has 0 aromatic carbocycles. The molecule has 2 aromatic rings. The predicted octanol–water partition coefficient (Wildman–Crippen LogP) is 2.92. The average molecular weight is 508 g/mol. The number of hydrogen-bond donors (Lipinski definition) is 1. The zero-order chi connectivity index (χ0) is 25.3. The number of rotatable bonds is 6. The SMILES string of the molecule is C/C=C/C(=O)N1CCn2c(nnc2[C@H]2CCC[C@@H](Nc3ncc(C(F)(F)F)c(OC4COC4)n3)C2)C1. The number of allylic oxidation sites excluding steroid dienone is 1. The van der Waals surface area contributed by atoms with E-state index in [0.717, 1.165) is 43.5 Å². The Kier molecular flexibility index (Phi) is 6.82. The van der Waals surface area contributed by atoms with Crippen molar-refractivity contribution in [3.8, 4) is 5.88 Å². The quantitative estimate of drug-likeness (QED) is 0.595. The monoisotopic (exact) mass is 507 g/mol. The van der Waals surface area contributed by atoms with E-state index in [9.17, 15) is 18.0 Å². The Morgan fingerprint density at radius 3 is 2.81 bits per heavy atom. The van der Waals surface area contributed by atoms with Crippen LogP contribution in [0, 0.1) is 0 Å². The Bertz CT molecular complexity index is 1130. The van der Waals surface area contributed by atoms with Crippen molar-refractivity contribution in [1.82, 2.24) is 29.6 Å². The topological polar surface area (TPSA) is 107 Å². The summed E-state index contributed by atoms with van der Waals surface area (Å²) in [4.78, 5) is 21.9. The molecule has 2 atom stereocenters. The standard InChI is InChI=1S/C23H28F3N7O3/c1-2-4-19(34)32-7-8-33-18(11-32)30-31-20(33)14-5-3-6-15(9-14)28-22-27-10-17(23(24,25)26)21(29-22)36-16-12-35-13-16/h2,4,10,14-16H,3,5-9,11-13H2,1H3,(H,27,28,29)/b4-2+/t14-,15+/m0/s1. The molecule has 1 N–H and O–H groups in total. The molecule has 2 aliphatic heterocycles. The number of hydrogen-bond acceptors (Lipinski definition) is 8. The lowest BCUT2D eigenvalue weighted by molar-refractivity contribution is -0.142. The fourth-order valence-corrected chi connectivity index (χ4v) is 4.82. The van der Waals surface area contributed by atoms with Crippen LogP contribution in [-0.2, 0) is 28.8 Å². The van der Waals surface area contributed by atoms with Crippen LogP contribution in [0.25, 0.3) is 0 Å². The molecule has 0 spiro atoms. The fourth-order valence-electron chi connectivity index (χ4n) is 4.82. The first-order valence-corrected chi connectivity index (χ1v) is 12.1. The number of aromatic nitrogens is 5. The minimum Gasteiger partial charge on any atom is -0.469 e. The van der Waals surface area contributed by atoms with Crippen molar-refractivity contribution in [2.45, 2.75) is 69.9 Å². The minimum atomic E-state index is -4.62. The van der Waals surface area contributed by atoms with Crippen LogP contribution in [-0.4, -0.2) is 67.4 Å². The first-order valence-electron chi connectivity index (χ1n) is 12.1. The van der Waals surface area contributed by atoms with Gasteiger partial charge in [0.2, 0.25) is 17.7 Å². The minimum absolute atomic E-state index is 0.0373. The molecule has 1 saturated heterocycles. The van der Waals surface area contributed by atoms with Crippen molar-refractivity contribution < 1.29 is 27.4 Å².